The fourth-order valence-electron chi connectivity index (χ4n) is 2.85. The number of rotatable bonds is 6. The maximum Gasteiger partial charge on any atom is 0.367 e. The van der Waals surface area contributed by atoms with Gasteiger partial charge in [0, 0.05) is 24.0 Å². The number of hydrogen-bond acceptors (Lipinski definition) is 7. The van der Waals surface area contributed by atoms with Gasteiger partial charge in [-0.15, -0.1) is 11.3 Å². The number of aromatic nitrogens is 1. The van der Waals surface area contributed by atoms with Crippen LogP contribution in [0.15, 0.2) is 5.38 Å². The Bertz CT molecular complexity index is 652. The Balaban J connectivity index is 1.68. The van der Waals surface area contributed by atoms with Crippen molar-refractivity contribution in [1.82, 2.24) is 9.88 Å². The van der Waals surface area contributed by atoms with Crippen molar-refractivity contribution in [1.29, 1.82) is 0 Å². The number of ether oxygens (including phenoxy) is 1. The van der Waals surface area contributed by atoms with Crippen molar-refractivity contribution in [3.05, 3.63) is 16.1 Å². The van der Waals surface area contributed by atoms with Crippen molar-refractivity contribution < 1.29 is 17.9 Å². The first kappa shape index (κ1) is 15.9. The van der Waals surface area contributed by atoms with Gasteiger partial charge in [0.15, 0.2) is 9.84 Å². The van der Waals surface area contributed by atoms with E-state index >= 15 is 0 Å². The molecule has 1 saturated carbocycles. The minimum absolute atomic E-state index is 0.0882. The van der Waals surface area contributed by atoms with Gasteiger partial charge in [0.25, 0.3) is 0 Å². The van der Waals surface area contributed by atoms with Gasteiger partial charge < -0.3 is 4.74 Å². The fraction of sp³-hybridized carbons (Fsp3) is 0.714. The van der Waals surface area contributed by atoms with E-state index in [-0.39, 0.29) is 23.5 Å². The normalized spacial score (nSPS) is 23.8. The van der Waals surface area contributed by atoms with Gasteiger partial charge in [-0.2, -0.15) is 0 Å². The highest BCUT2D eigenvalue weighted by Crippen LogP contribution is 2.33. The highest BCUT2D eigenvalue weighted by atomic mass is 32.2. The Labute approximate surface area is 134 Å². The van der Waals surface area contributed by atoms with E-state index in [1.807, 2.05) is 5.38 Å². The van der Waals surface area contributed by atoms with Crippen LogP contribution in [-0.2, 0) is 21.1 Å². The molecule has 6 nitrogen and oxygen atoms in total. The van der Waals surface area contributed by atoms with Gasteiger partial charge in [-0.05, 0) is 26.2 Å². The molecule has 0 bridgehead atoms. The number of sulfone groups is 1. The van der Waals surface area contributed by atoms with E-state index in [0.29, 0.717) is 30.6 Å². The predicted octanol–water partition coefficient (Wildman–Crippen LogP) is 1.47. The van der Waals surface area contributed by atoms with Gasteiger partial charge in [0.1, 0.15) is 0 Å². The van der Waals surface area contributed by atoms with Crippen LogP contribution in [0, 0.1) is 0 Å². The maximum atomic E-state index is 11.7. The molecule has 8 heteroatoms. The van der Waals surface area contributed by atoms with Gasteiger partial charge in [-0.3, -0.25) is 4.90 Å². The standard InChI is InChI=1S/C14H20N2O4S2/c1-2-20-14(17)13-15-10(8-21-13)7-16(11-3-4-11)12-5-6-22(18,19)9-12/h8,11-12H,2-7,9H2,1H3. The average molecular weight is 344 g/mol. The van der Waals surface area contributed by atoms with Crippen LogP contribution in [0.25, 0.3) is 0 Å². The molecule has 2 heterocycles. The largest absolute Gasteiger partial charge is 0.461 e. The third-order valence-corrected chi connectivity index (χ3v) is 6.66. The Morgan fingerprint density at radius 1 is 1.41 bits per heavy atom. The molecule has 0 N–H and O–H groups in total. The zero-order valence-corrected chi connectivity index (χ0v) is 14.2. The lowest BCUT2D eigenvalue weighted by atomic mass is 10.2. The molecule has 122 valence electrons. The summed E-state index contributed by atoms with van der Waals surface area (Å²) < 4.78 is 28.4. The smallest absolute Gasteiger partial charge is 0.367 e. The van der Waals surface area contributed by atoms with Crippen LogP contribution in [-0.4, -0.2) is 54.5 Å². The summed E-state index contributed by atoms with van der Waals surface area (Å²) in [5, 5.41) is 2.23. The maximum absolute atomic E-state index is 11.7. The summed E-state index contributed by atoms with van der Waals surface area (Å²) in [4.78, 5) is 18.3. The average Bonchev–Trinajstić information content (AvgIpc) is 3.08. The summed E-state index contributed by atoms with van der Waals surface area (Å²) in [7, 11) is -2.89. The molecule has 0 spiro atoms. The van der Waals surface area contributed by atoms with Crippen LogP contribution in [0.2, 0.25) is 0 Å². The van der Waals surface area contributed by atoms with E-state index in [1.165, 1.54) is 11.3 Å². The predicted molar refractivity (Wildman–Crippen MR) is 83.7 cm³/mol. The van der Waals surface area contributed by atoms with Crippen LogP contribution < -0.4 is 0 Å². The molecule has 0 radical (unpaired) electrons. The molecule has 1 aliphatic carbocycles. The number of carbonyl (C=O) groups is 1. The first-order chi connectivity index (χ1) is 10.5. The van der Waals surface area contributed by atoms with Crippen molar-refractivity contribution in [2.75, 3.05) is 18.1 Å². The summed E-state index contributed by atoms with van der Waals surface area (Å²) in [6, 6.07) is 0.552. The van der Waals surface area contributed by atoms with Crippen LogP contribution in [0.5, 0.6) is 0 Å². The molecule has 22 heavy (non-hydrogen) atoms. The van der Waals surface area contributed by atoms with Crippen LogP contribution >= 0.6 is 11.3 Å². The zero-order chi connectivity index (χ0) is 15.7. The zero-order valence-electron chi connectivity index (χ0n) is 12.5. The third kappa shape index (κ3) is 3.67. The SMILES string of the molecule is CCOC(=O)c1nc(CN(C2CC2)C2CCS(=O)(=O)C2)cs1. The summed E-state index contributed by atoms with van der Waals surface area (Å²) >= 11 is 1.28. The first-order valence-electron chi connectivity index (χ1n) is 7.56. The minimum Gasteiger partial charge on any atom is -0.461 e. The van der Waals surface area contributed by atoms with Crippen LogP contribution in [0.4, 0.5) is 0 Å². The number of nitrogens with zero attached hydrogens (tertiary/aromatic N) is 2. The van der Waals surface area contributed by atoms with E-state index in [0.717, 1.165) is 18.5 Å². The molecule has 3 rings (SSSR count). The monoisotopic (exact) mass is 344 g/mol. The Morgan fingerprint density at radius 3 is 2.77 bits per heavy atom. The molecule has 0 amide bonds. The molecule has 1 atom stereocenters. The van der Waals surface area contributed by atoms with E-state index in [9.17, 15) is 13.2 Å². The van der Waals surface area contributed by atoms with Crippen molar-refractivity contribution in [3.63, 3.8) is 0 Å². The summed E-state index contributed by atoms with van der Waals surface area (Å²) in [6.45, 7) is 2.71. The second-order valence-corrected chi connectivity index (χ2v) is 8.91. The highest BCUT2D eigenvalue weighted by molar-refractivity contribution is 7.91. The number of thiazole rings is 1. The number of carbonyl (C=O) groups excluding carboxylic acids is 1. The minimum atomic E-state index is -2.89. The van der Waals surface area contributed by atoms with E-state index in [1.54, 1.807) is 6.92 Å². The third-order valence-electron chi connectivity index (χ3n) is 4.04. The van der Waals surface area contributed by atoms with E-state index in [4.69, 9.17) is 4.74 Å². The molecule has 1 unspecified atom stereocenters. The van der Waals surface area contributed by atoms with Crippen molar-refractivity contribution >= 4 is 27.1 Å². The van der Waals surface area contributed by atoms with Crippen LogP contribution in [0.1, 0.15) is 41.7 Å². The quantitative estimate of drug-likeness (QED) is 0.728. The van der Waals surface area contributed by atoms with Crippen molar-refractivity contribution in [2.24, 2.45) is 0 Å². The first-order valence-corrected chi connectivity index (χ1v) is 10.3. The highest BCUT2D eigenvalue weighted by Gasteiger charge is 2.39. The summed E-state index contributed by atoms with van der Waals surface area (Å²) in [5.41, 5.74) is 0.823. The van der Waals surface area contributed by atoms with Crippen LogP contribution in [0.3, 0.4) is 0 Å². The van der Waals surface area contributed by atoms with Gasteiger partial charge in [0.2, 0.25) is 5.01 Å². The fourth-order valence-corrected chi connectivity index (χ4v) is 5.29. The molecular weight excluding hydrogens is 324 g/mol. The molecule has 1 aromatic heterocycles. The molecule has 1 saturated heterocycles. The molecule has 2 fully saturated rings. The van der Waals surface area contributed by atoms with Crippen molar-refractivity contribution in [3.8, 4) is 0 Å². The lowest BCUT2D eigenvalue weighted by Crippen LogP contribution is -2.37. The van der Waals surface area contributed by atoms with Crippen molar-refractivity contribution in [2.45, 2.75) is 44.8 Å². The lowest BCUT2D eigenvalue weighted by molar-refractivity contribution is 0.0525. The molecule has 0 aromatic carbocycles. The Hall–Kier alpha value is -0.990. The molecule has 1 aliphatic heterocycles. The molecular formula is C14H20N2O4S2. The van der Waals surface area contributed by atoms with E-state index < -0.39 is 9.84 Å². The Morgan fingerprint density at radius 2 is 2.18 bits per heavy atom. The number of hydrogen-bond donors (Lipinski definition) is 0. The second-order valence-electron chi connectivity index (χ2n) is 5.82. The Kier molecular flexibility index (Phi) is 4.52. The van der Waals surface area contributed by atoms with Gasteiger partial charge in [-0.25, -0.2) is 18.2 Å². The summed E-state index contributed by atoms with van der Waals surface area (Å²) in [6.07, 6.45) is 2.94. The van der Waals surface area contributed by atoms with Gasteiger partial charge in [0.05, 0.1) is 23.8 Å². The van der Waals surface area contributed by atoms with Gasteiger partial charge in [-0.1, -0.05) is 0 Å². The van der Waals surface area contributed by atoms with Gasteiger partial charge >= 0.3 is 5.97 Å². The topological polar surface area (TPSA) is 76.6 Å². The van der Waals surface area contributed by atoms with E-state index in [2.05, 4.69) is 9.88 Å². The number of esters is 1. The lowest BCUT2D eigenvalue weighted by Gasteiger charge is -2.27. The second kappa shape index (κ2) is 6.25. The summed E-state index contributed by atoms with van der Waals surface area (Å²) in [5.74, 6) is 0.143. The molecule has 1 aromatic rings. The molecule has 2 aliphatic rings.